The SMILES string of the molecule is CCNC(=O)c1cc2nc(C(=O)O)n(C3CC3)c2cc1Cl. The first-order valence-electron chi connectivity index (χ1n) is 6.76. The summed E-state index contributed by atoms with van der Waals surface area (Å²) in [7, 11) is 0. The van der Waals surface area contributed by atoms with Crippen LogP contribution in [0.5, 0.6) is 0 Å². The molecule has 1 amide bonds. The Balaban J connectivity index is 2.19. The number of aromatic nitrogens is 2. The Morgan fingerprint density at radius 1 is 1.48 bits per heavy atom. The van der Waals surface area contributed by atoms with Crippen LogP contribution in [0, 0.1) is 0 Å². The molecule has 0 aliphatic heterocycles. The smallest absolute Gasteiger partial charge is 0.372 e. The second-order valence-electron chi connectivity index (χ2n) is 5.02. The quantitative estimate of drug-likeness (QED) is 0.909. The average Bonchev–Trinajstić information content (AvgIpc) is 3.19. The van der Waals surface area contributed by atoms with E-state index in [1.54, 1.807) is 16.7 Å². The minimum absolute atomic E-state index is 0.00313. The van der Waals surface area contributed by atoms with Crippen molar-refractivity contribution in [2.24, 2.45) is 0 Å². The maximum absolute atomic E-state index is 11.9. The fraction of sp³-hybridized carbons (Fsp3) is 0.357. The molecule has 21 heavy (non-hydrogen) atoms. The molecule has 0 spiro atoms. The number of amides is 1. The van der Waals surface area contributed by atoms with Crippen molar-refractivity contribution < 1.29 is 14.7 Å². The monoisotopic (exact) mass is 307 g/mol. The molecule has 0 saturated heterocycles. The average molecular weight is 308 g/mol. The van der Waals surface area contributed by atoms with E-state index in [1.807, 2.05) is 6.92 Å². The number of carbonyl (C=O) groups is 2. The molecule has 1 aromatic heterocycles. The molecule has 1 saturated carbocycles. The van der Waals surface area contributed by atoms with Gasteiger partial charge in [0.2, 0.25) is 5.82 Å². The van der Waals surface area contributed by atoms with Crippen molar-refractivity contribution in [3.05, 3.63) is 28.5 Å². The van der Waals surface area contributed by atoms with Crippen LogP contribution in [-0.4, -0.2) is 33.1 Å². The third-order valence-corrected chi connectivity index (χ3v) is 3.78. The van der Waals surface area contributed by atoms with E-state index in [9.17, 15) is 14.7 Å². The van der Waals surface area contributed by atoms with Gasteiger partial charge in [-0.25, -0.2) is 9.78 Å². The Morgan fingerprint density at radius 2 is 2.19 bits per heavy atom. The van der Waals surface area contributed by atoms with Crippen LogP contribution >= 0.6 is 11.6 Å². The van der Waals surface area contributed by atoms with Gasteiger partial charge in [-0.3, -0.25) is 4.79 Å². The minimum Gasteiger partial charge on any atom is -0.475 e. The Labute approximate surface area is 125 Å². The second kappa shape index (κ2) is 5.04. The number of hydrogen-bond donors (Lipinski definition) is 2. The van der Waals surface area contributed by atoms with Crippen molar-refractivity contribution in [1.82, 2.24) is 14.9 Å². The topological polar surface area (TPSA) is 84.2 Å². The third kappa shape index (κ3) is 2.35. The molecule has 0 unspecified atom stereocenters. The molecule has 7 heteroatoms. The number of aromatic carboxylic acids is 1. The lowest BCUT2D eigenvalue weighted by Gasteiger charge is -2.07. The molecule has 1 fully saturated rings. The summed E-state index contributed by atoms with van der Waals surface area (Å²) in [5.74, 6) is -1.37. The van der Waals surface area contributed by atoms with Crippen LogP contribution in [0.2, 0.25) is 5.02 Å². The molecule has 2 N–H and O–H groups in total. The Kier molecular flexibility index (Phi) is 3.33. The maximum Gasteiger partial charge on any atom is 0.372 e. The highest BCUT2D eigenvalue weighted by Crippen LogP contribution is 2.39. The number of nitrogens with zero attached hydrogens (tertiary/aromatic N) is 2. The van der Waals surface area contributed by atoms with Gasteiger partial charge in [-0.05, 0) is 31.9 Å². The largest absolute Gasteiger partial charge is 0.475 e. The first kappa shape index (κ1) is 13.9. The molecular weight excluding hydrogens is 294 g/mol. The van der Waals surface area contributed by atoms with Crippen molar-refractivity contribution in [3.63, 3.8) is 0 Å². The van der Waals surface area contributed by atoms with Crippen LogP contribution in [0.15, 0.2) is 12.1 Å². The van der Waals surface area contributed by atoms with Gasteiger partial charge in [0.25, 0.3) is 5.91 Å². The van der Waals surface area contributed by atoms with E-state index < -0.39 is 5.97 Å². The minimum atomic E-state index is -1.08. The predicted molar refractivity (Wildman–Crippen MR) is 78.0 cm³/mol. The predicted octanol–water partition coefficient (Wildman–Crippen LogP) is 2.47. The Morgan fingerprint density at radius 3 is 2.76 bits per heavy atom. The Hall–Kier alpha value is -2.08. The first-order chi connectivity index (χ1) is 10.0. The van der Waals surface area contributed by atoms with Crippen LogP contribution in [0.3, 0.4) is 0 Å². The van der Waals surface area contributed by atoms with E-state index in [2.05, 4.69) is 10.3 Å². The first-order valence-corrected chi connectivity index (χ1v) is 7.13. The number of hydrogen-bond acceptors (Lipinski definition) is 3. The lowest BCUT2D eigenvalue weighted by molar-refractivity contribution is 0.0678. The van der Waals surface area contributed by atoms with Crippen molar-refractivity contribution in [3.8, 4) is 0 Å². The van der Waals surface area contributed by atoms with Crippen LogP contribution in [0.1, 0.15) is 46.8 Å². The van der Waals surface area contributed by atoms with E-state index in [4.69, 9.17) is 11.6 Å². The number of imidazole rings is 1. The molecule has 0 atom stereocenters. The number of rotatable bonds is 4. The molecule has 2 aromatic rings. The number of fused-ring (bicyclic) bond motifs is 1. The summed E-state index contributed by atoms with van der Waals surface area (Å²) in [5.41, 5.74) is 1.45. The molecule has 1 aliphatic carbocycles. The number of carboxylic acids is 1. The van der Waals surface area contributed by atoms with E-state index in [1.165, 1.54) is 0 Å². The van der Waals surface area contributed by atoms with Gasteiger partial charge in [0.15, 0.2) is 0 Å². The summed E-state index contributed by atoms with van der Waals surface area (Å²) in [5, 5.41) is 12.3. The number of carboxylic acid groups (broad SMARTS) is 1. The summed E-state index contributed by atoms with van der Waals surface area (Å²) in [6.45, 7) is 2.30. The van der Waals surface area contributed by atoms with Gasteiger partial charge in [-0.1, -0.05) is 11.6 Å². The summed E-state index contributed by atoms with van der Waals surface area (Å²) < 4.78 is 1.70. The van der Waals surface area contributed by atoms with E-state index in [-0.39, 0.29) is 17.8 Å². The van der Waals surface area contributed by atoms with Gasteiger partial charge in [0, 0.05) is 12.6 Å². The fourth-order valence-corrected chi connectivity index (χ4v) is 2.64. The second-order valence-corrected chi connectivity index (χ2v) is 5.43. The molecule has 1 aliphatic rings. The van der Waals surface area contributed by atoms with Gasteiger partial charge in [0.1, 0.15) is 0 Å². The zero-order chi connectivity index (χ0) is 15.1. The highest BCUT2D eigenvalue weighted by molar-refractivity contribution is 6.34. The van der Waals surface area contributed by atoms with Crippen LogP contribution < -0.4 is 5.32 Å². The molecule has 3 rings (SSSR count). The van der Waals surface area contributed by atoms with Crippen molar-refractivity contribution in [2.45, 2.75) is 25.8 Å². The van der Waals surface area contributed by atoms with Crippen LogP contribution in [0.4, 0.5) is 0 Å². The summed E-state index contributed by atoms with van der Waals surface area (Å²) >= 11 is 6.17. The molecule has 6 nitrogen and oxygen atoms in total. The molecule has 0 bridgehead atoms. The number of carbonyl (C=O) groups excluding carboxylic acids is 1. The molecule has 110 valence electrons. The highest BCUT2D eigenvalue weighted by atomic mass is 35.5. The molecule has 0 radical (unpaired) electrons. The van der Waals surface area contributed by atoms with E-state index >= 15 is 0 Å². The molecule has 1 aromatic carbocycles. The van der Waals surface area contributed by atoms with E-state index in [0.717, 1.165) is 12.8 Å². The summed E-state index contributed by atoms with van der Waals surface area (Å²) in [6, 6.07) is 3.33. The van der Waals surface area contributed by atoms with Crippen molar-refractivity contribution in [2.75, 3.05) is 6.54 Å². The maximum atomic E-state index is 11.9. The van der Waals surface area contributed by atoms with Gasteiger partial charge in [-0.15, -0.1) is 0 Å². The number of benzene rings is 1. The van der Waals surface area contributed by atoms with Crippen LogP contribution in [0.25, 0.3) is 11.0 Å². The molecule has 1 heterocycles. The number of halogens is 1. The van der Waals surface area contributed by atoms with Gasteiger partial charge in [0.05, 0.1) is 21.6 Å². The number of nitrogens with one attached hydrogen (secondary N) is 1. The fourth-order valence-electron chi connectivity index (χ4n) is 2.40. The van der Waals surface area contributed by atoms with Crippen LogP contribution in [-0.2, 0) is 0 Å². The standard InChI is InChI=1S/C14H14ClN3O3/c1-2-16-13(19)8-5-10-11(6-9(8)15)18(7-3-4-7)12(17-10)14(20)21/h5-7H,2-4H2,1H3,(H,16,19)(H,20,21). The van der Waals surface area contributed by atoms with Crippen molar-refractivity contribution >= 4 is 34.5 Å². The third-order valence-electron chi connectivity index (χ3n) is 3.46. The van der Waals surface area contributed by atoms with E-state index in [0.29, 0.717) is 28.2 Å². The summed E-state index contributed by atoms with van der Waals surface area (Å²) in [6.07, 6.45) is 1.86. The lowest BCUT2D eigenvalue weighted by atomic mass is 10.2. The lowest BCUT2D eigenvalue weighted by Crippen LogP contribution is -2.22. The zero-order valence-corrected chi connectivity index (χ0v) is 12.1. The zero-order valence-electron chi connectivity index (χ0n) is 11.4. The Bertz CT molecular complexity index is 749. The summed E-state index contributed by atoms with van der Waals surface area (Å²) in [4.78, 5) is 27.4. The van der Waals surface area contributed by atoms with Crippen molar-refractivity contribution in [1.29, 1.82) is 0 Å². The van der Waals surface area contributed by atoms with Gasteiger partial charge in [-0.2, -0.15) is 0 Å². The van der Waals surface area contributed by atoms with Gasteiger partial charge < -0.3 is 15.0 Å². The van der Waals surface area contributed by atoms with Gasteiger partial charge >= 0.3 is 5.97 Å². The molecular formula is C14H14ClN3O3. The normalized spacial score (nSPS) is 14.4. The highest BCUT2D eigenvalue weighted by Gasteiger charge is 2.31.